The van der Waals surface area contributed by atoms with Gasteiger partial charge in [0.1, 0.15) is 11.4 Å². The molecule has 0 radical (unpaired) electrons. The molecule has 29 heavy (non-hydrogen) atoms. The molecule has 1 aromatic carbocycles. The van der Waals surface area contributed by atoms with Crippen molar-refractivity contribution in [3.8, 4) is 5.75 Å². The van der Waals surface area contributed by atoms with Gasteiger partial charge in [0.2, 0.25) is 5.91 Å². The highest BCUT2D eigenvalue weighted by molar-refractivity contribution is 5.82. The van der Waals surface area contributed by atoms with Crippen LogP contribution in [0.2, 0.25) is 0 Å². The number of amides is 1. The molecule has 3 atom stereocenters. The zero-order chi connectivity index (χ0) is 21.2. The SMILES string of the molecule is COc1ccccc1C1(F)CCN(C(=O)[C@H](C(C)C)N2C[C@@H](C)O[C@H](C)C2)CC1. The summed E-state index contributed by atoms with van der Waals surface area (Å²) in [7, 11) is 1.57. The summed E-state index contributed by atoms with van der Waals surface area (Å²) in [5, 5.41) is 0. The second-order valence-corrected chi connectivity index (χ2v) is 8.89. The highest BCUT2D eigenvalue weighted by atomic mass is 19.1. The van der Waals surface area contributed by atoms with E-state index < -0.39 is 5.67 Å². The molecule has 1 aromatic rings. The standard InChI is InChI=1S/C23H35FN2O3/c1-16(2)21(26-14-17(3)29-18(4)15-26)22(27)25-12-10-23(24,11-13-25)19-8-6-7-9-20(19)28-5/h6-9,16-18,21H,10-15H2,1-5H3/t17-,18-,21+/m1/s1. The second-order valence-electron chi connectivity index (χ2n) is 8.89. The highest BCUT2D eigenvalue weighted by Gasteiger charge is 2.42. The Morgan fingerprint density at radius 1 is 1.17 bits per heavy atom. The number of methoxy groups -OCH3 is 1. The van der Waals surface area contributed by atoms with Crippen LogP contribution in [0.25, 0.3) is 0 Å². The molecule has 2 heterocycles. The first-order valence-electron chi connectivity index (χ1n) is 10.8. The van der Waals surface area contributed by atoms with Gasteiger partial charge < -0.3 is 14.4 Å². The zero-order valence-corrected chi connectivity index (χ0v) is 18.4. The van der Waals surface area contributed by atoms with E-state index in [1.165, 1.54) is 0 Å². The van der Waals surface area contributed by atoms with Crippen LogP contribution in [0.15, 0.2) is 24.3 Å². The van der Waals surface area contributed by atoms with Gasteiger partial charge in [0.15, 0.2) is 0 Å². The number of carbonyl (C=O) groups excluding carboxylic acids is 1. The van der Waals surface area contributed by atoms with Gasteiger partial charge in [-0.15, -0.1) is 0 Å². The van der Waals surface area contributed by atoms with Crippen LogP contribution in [0, 0.1) is 5.92 Å². The van der Waals surface area contributed by atoms with Gasteiger partial charge in [0.05, 0.1) is 25.4 Å². The normalized spacial score (nSPS) is 26.4. The van der Waals surface area contributed by atoms with Crippen molar-refractivity contribution in [2.75, 3.05) is 33.3 Å². The Labute approximate surface area is 174 Å². The lowest BCUT2D eigenvalue weighted by atomic mass is 9.85. The number of morpholine rings is 1. The lowest BCUT2D eigenvalue weighted by Gasteiger charge is -2.44. The molecule has 162 valence electrons. The van der Waals surface area contributed by atoms with Gasteiger partial charge in [-0.2, -0.15) is 0 Å². The number of alkyl halides is 1. The van der Waals surface area contributed by atoms with Crippen molar-refractivity contribution < 1.29 is 18.7 Å². The van der Waals surface area contributed by atoms with E-state index in [-0.39, 0.29) is 30.1 Å². The molecule has 0 aromatic heterocycles. The summed E-state index contributed by atoms with van der Waals surface area (Å²) in [6.07, 6.45) is 0.802. The average molecular weight is 407 g/mol. The fourth-order valence-corrected chi connectivity index (χ4v) is 4.86. The second kappa shape index (κ2) is 9.00. The smallest absolute Gasteiger partial charge is 0.240 e. The van der Waals surface area contributed by atoms with Gasteiger partial charge in [-0.3, -0.25) is 9.69 Å². The molecule has 2 fully saturated rings. The number of para-hydroxylation sites is 1. The maximum atomic E-state index is 15.8. The van der Waals surface area contributed by atoms with Crippen molar-refractivity contribution in [2.24, 2.45) is 5.92 Å². The van der Waals surface area contributed by atoms with Crippen LogP contribution in [0.1, 0.15) is 46.1 Å². The number of hydrogen-bond acceptors (Lipinski definition) is 4. The molecule has 0 aliphatic carbocycles. The molecule has 0 spiro atoms. The summed E-state index contributed by atoms with van der Waals surface area (Å²) in [5.41, 5.74) is -0.871. The van der Waals surface area contributed by atoms with E-state index in [1.807, 2.05) is 17.0 Å². The molecule has 1 amide bonds. The summed E-state index contributed by atoms with van der Waals surface area (Å²) < 4.78 is 27.0. The van der Waals surface area contributed by atoms with Crippen LogP contribution in [0.5, 0.6) is 5.75 Å². The maximum absolute atomic E-state index is 15.8. The van der Waals surface area contributed by atoms with Gasteiger partial charge in [0.25, 0.3) is 0 Å². The van der Waals surface area contributed by atoms with Crippen molar-refractivity contribution in [3.05, 3.63) is 29.8 Å². The molecular weight excluding hydrogens is 371 g/mol. The molecule has 2 aliphatic rings. The summed E-state index contributed by atoms with van der Waals surface area (Å²) in [4.78, 5) is 17.5. The van der Waals surface area contributed by atoms with Crippen LogP contribution in [0.4, 0.5) is 4.39 Å². The third-order valence-corrected chi connectivity index (χ3v) is 6.18. The molecule has 5 nitrogen and oxygen atoms in total. The Balaban J connectivity index is 1.71. The summed E-state index contributed by atoms with van der Waals surface area (Å²) in [6.45, 7) is 10.6. The molecule has 6 heteroatoms. The number of carbonyl (C=O) groups is 1. The van der Waals surface area contributed by atoms with E-state index in [1.54, 1.807) is 19.2 Å². The lowest BCUT2D eigenvalue weighted by molar-refractivity contribution is -0.148. The Morgan fingerprint density at radius 2 is 1.76 bits per heavy atom. The van der Waals surface area contributed by atoms with Crippen LogP contribution in [-0.2, 0) is 15.2 Å². The monoisotopic (exact) mass is 406 g/mol. The third kappa shape index (κ3) is 4.75. The summed E-state index contributed by atoms with van der Waals surface area (Å²) >= 11 is 0. The Kier molecular flexibility index (Phi) is 6.84. The number of piperidine rings is 1. The number of rotatable bonds is 5. The van der Waals surface area contributed by atoms with E-state index in [2.05, 4.69) is 32.6 Å². The minimum atomic E-state index is -1.46. The first-order chi connectivity index (χ1) is 13.7. The van der Waals surface area contributed by atoms with Crippen molar-refractivity contribution in [1.29, 1.82) is 0 Å². The number of halogens is 1. The largest absolute Gasteiger partial charge is 0.496 e. The molecule has 0 unspecified atom stereocenters. The highest BCUT2D eigenvalue weighted by Crippen LogP contribution is 2.41. The Bertz CT molecular complexity index is 693. The molecular formula is C23H35FN2O3. The fourth-order valence-electron chi connectivity index (χ4n) is 4.86. The first kappa shape index (κ1) is 22.0. The fraction of sp³-hybridized carbons (Fsp3) is 0.696. The van der Waals surface area contributed by atoms with Crippen LogP contribution in [0.3, 0.4) is 0 Å². The van der Waals surface area contributed by atoms with Crippen molar-refractivity contribution in [1.82, 2.24) is 9.80 Å². The third-order valence-electron chi connectivity index (χ3n) is 6.18. The summed E-state index contributed by atoms with van der Waals surface area (Å²) in [5.74, 6) is 0.876. The topological polar surface area (TPSA) is 42.0 Å². The lowest BCUT2D eigenvalue weighted by Crippen LogP contribution is -2.58. The van der Waals surface area contributed by atoms with Crippen molar-refractivity contribution >= 4 is 5.91 Å². The number of hydrogen-bond donors (Lipinski definition) is 0. The van der Waals surface area contributed by atoms with Crippen molar-refractivity contribution in [2.45, 2.75) is 64.5 Å². The minimum absolute atomic E-state index is 0.109. The van der Waals surface area contributed by atoms with Gasteiger partial charge in [-0.05, 0) is 25.8 Å². The van der Waals surface area contributed by atoms with Crippen molar-refractivity contribution in [3.63, 3.8) is 0 Å². The molecule has 0 saturated carbocycles. The van der Waals surface area contributed by atoms with Gasteiger partial charge in [-0.1, -0.05) is 32.0 Å². The number of benzene rings is 1. The number of likely N-dealkylation sites (tertiary alicyclic amines) is 1. The zero-order valence-electron chi connectivity index (χ0n) is 18.4. The van der Waals surface area contributed by atoms with E-state index >= 15 is 4.39 Å². The molecule has 0 bridgehead atoms. The number of ether oxygens (including phenoxy) is 2. The molecule has 2 saturated heterocycles. The summed E-state index contributed by atoms with van der Waals surface area (Å²) in [6, 6.07) is 7.09. The number of nitrogens with zero attached hydrogens (tertiary/aromatic N) is 2. The minimum Gasteiger partial charge on any atom is -0.496 e. The predicted molar refractivity (Wildman–Crippen MR) is 112 cm³/mol. The van der Waals surface area contributed by atoms with E-state index in [0.717, 1.165) is 13.1 Å². The van der Waals surface area contributed by atoms with Gasteiger partial charge in [0, 0.05) is 44.6 Å². The van der Waals surface area contributed by atoms with Gasteiger partial charge in [-0.25, -0.2) is 4.39 Å². The average Bonchev–Trinajstić information content (AvgIpc) is 2.67. The Hall–Kier alpha value is -1.66. The van der Waals surface area contributed by atoms with Crippen LogP contribution >= 0.6 is 0 Å². The molecule has 3 rings (SSSR count). The maximum Gasteiger partial charge on any atom is 0.240 e. The first-order valence-corrected chi connectivity index (χ1v) is 10.8. The van der Waals surface area contributed by atoms with Crippen LogP contribution < -0.4 is 4.74 Å². The quantitative estimate of drug-likeness (QED) is 0.749. The van der Waals surface area contributed by atoms with Crippen LogP contribution in [-0.4, -0.2) is 67.2 Å². The molecule has 0 N–H and O–H groups in total. The Morgan fingerprint density at radius 3 is 2.31 bits per heavy atom. The molecule has 2 aliphatic heterocycles. The van der Waals surface area contributed by atoms with E-state index in [0.29, 0.717) is 37.2 Å². The van der Waals surface area contributed by atoms with E-state index in [9.17, 15) is 4.79 Å². The van der Waals surface area contributed by atoms with E-state index in [4.69, 9.17) is 9.47 Å². The predicted octanol–water partition coefficient (Wildman–Crippen LogP) is 3.62. The van der Waals surface area contributed by atoms with Gasteiger partial charge >= 0.3 is 0 Å².